The van der Waals surface area contributed by atoms with Crippen LogP contribution in [0, 0.1) is 12.8 Å². The molecule has 1 heterocycles. The van der Waals surface area contributed by atoms with Crippen LogP contribution < -0.4 is 15.4 Å². The molecule has 0 aliphatic carbocycles. The summed E-state index contributed by atoms with van der Waals surface area (Å²) in [5.41, 5.74) is 1.88. The fraction of sp³-hybridized carbons (Fsp3) is 0.588. The molecule has 2 N–H and O–H groups in total. The Bertz CT molecular complexity index is 500. The Morgan fingerprint density at radius 1 is 1.43 bits per heavy atom. The Morgan fingerprint density at radius 3 is 2.81 bits per heavy atom. The Labute approximate surface area is 127 Å². The van der Waals surface area contributed by atoms with E-state index < -0.39 is 0 Å². The van der Waals surface area contributed by atoms with E-state index in [1.807, 2.05) is 39.0 Å². The first-order chi connectivity index (χ1) is 9.95. The van der Waals surface area contributed by atoms with E-state index in [1.54, 1.807) is 0 Å². The standard InChI is InChI=1S/C17H26N2O2/c1-11(2)21-14-5-6-15(13(4)10-14)19-17(20)16-9-12(3)7-8-18-16/h5-6,10-12,16,18H,7-9H2,1-4H3,(H,19,20). The Hall–Kier alpha value is -1.55. The summed E-state index contributed by atoms with van der Waals surface area (Å²) in [5, 5.41) is 6.31. The maximum absolute atomic E-state index is 12.3. The number of nitrogens with one attached hydrogen (secondary N) is 2. The van der Waals surface area contributed by atoms with Crippen molar-refractivity contribution >= 4 is 11.6 Å². The molecule has 1 amide bonds. The zero-order valence-corrected chi connectivity index (χ0v) is 13.4. The van der Waals surface area contributed by atoms with Crippen LogP contribution in [-0.4, -0.2) is 24.6 Å². The fourth-order valence-corrected chi connectivity index (χ4v) is 2.65. The Balaban J connectivity index is 2.00. The van der Waals surface area contributed by atoms with E-state index >= 15 is 0 Å². The van der Waals surface area contributed by atoms with Crippen LogP contribution in [0.1, 0.15) is 39.2 Å². The second-order valence-corrected chi connectivity index (χ2v) is 6.27. The van der Waals surface area contributed by atoms with E-state index in [9.17, 15) is 4.79 Å². The lowest BCUT2D eigenvalue weighted by molar-refractivity contribution is -0.119. The summed E-state index contributed by atoms with van der Waals surface area (Å²) < 4.78 is 5.66. The minimum absolute atomic E-state index is 0.0576. The first-order valence-corrected chi connectivity index (χ1v) is 7.77. The molecule has 4 nitrogen and oxygen atoms in total. The summed E-state index contributed by atoms with van der Waals surface area (Å²) in [7, 11) is 0. The van der Waals surface area contributed by atoms with E-state index in [0.29, 0.717) is 5.92 Å². The molecule has 1 aliphatic rings. The van der Waals surface area contributed by atoms with Gasteiger partial charge in [-0.25, -0.2) is 0 Å². The lowest BCUT2D eigenvalue weighted by Gasteiger charge is -2.27. The molecule has 0 bridgehead atoms. The van der Waals surface area contributed by atoms with Gasteiger partial charge in [-0.05, 0) is 69.8 Å². The van der Waals surface area contributed by atoms with Crippen molar-refractivity contribution in [3.63, 3.8) is 0 Å². The van der Waals surface area contributed by atoms with Crippen LogP contribution in [0.2, 0.25) is 0 Å². The number of aryl methyl sites for hydroxylation is 1. The van der Waals surface area contributed by atoms with Crippen molar-refractivity contribution in [2.45, 2.75) is 52.7 Å². The quantitative estimate of drug-likeness (QED) is 0.896. The van der Waals surface area contributed by atoms with Gasteiger partial charge in [0.05, 0.1) is 12.1 Å². The molecule has 2 atom stereocenters. The molecule has 0 aromatic heterocycles. The zero-order valence-electron chi connectivity index (χ0n) is 13.4. The number of ether oxygens (including phenoxy) is 1. The predicted molar refractivity (Wildman–Crippen MR) is 85.8 cm³/mol. The number of hydrogen-bond donors (Lipinski definition) is 2. The third-order valence-corrected chi connectivity index (χ3v) is 3.81. The van der Waals surface area contributed by atoms with Gasteiger partial charge in [0.1, 0.15) is 5.75 Å². The topological polar surface area (TPSA) is 50.4 Å². The highest BCUT2D eigenvalue weighted by Gasteiger charge is 2.24. The molecule has 2 unspecified atom stereocenters. The monoisotopic (exact) mass is 290 g/mol. The number of hydrogen-bond acceptors (Lipinski definition) is 3. The average Bonchev–Trinajstić information content (AvgIpc) is 2.41. The summed E-state index contributed by atoms with van der Waals surface area (Å²) in [6.07, 6.45) is 2.20. The van der Waals surface area contributed by atoms with E-state index in [1.165, 1.54) is 0 Å². The fourth-order valence-electron chi connectivity index (χ4n) is 2.65. The molecule has 0 saturated carbocycles. The molecule has 0 radical (unpaired) electrons. The van der Waals surface area contributed by atoms with Crippen LogP contribution >= 0.6 is 0 Å². The van der Waals surface area contributed by atoms with Gasteiger partial charge in [0.25, 0.3) is 0 Å². The zero-order chi connectivity index (χ0) is 15.4. The van der Waals surface area contributed by atoms with Crippen LogP contribution in [0.25, 0.3) is 0 Å². The van der Waals surface area contributed by atoms with Crippen molar-refractivity contribution in [3.05, 3.63) is 23.8 Å². The summed E-state index contributed by atoms with van der Waals surface area (Å²) in [5.74, 6) is 1.50. The maximum Gasteiger partial charge on any atom is 0.241 e. The van der Waals surface area contributed by atoms with E-state index in [0.717, 1.165) is 36.4 Å². The molecule has 1 aromatic carbocycles. The first kappa shape index (κ1) is 15.8. The van der Waals surface area contributed by atoms with Crippen molar-refractivity contribution in [3.8, 4) is 5.75 Å². The summed E-state index contributed by atoms with van der Waals surface area (Å²) in [6, 6.07) is 5.70. The normalized spacial score (nSPS) is 22.1. The summed E-state index contributed by atoms with van der Waals surface area (Å²) >= 11 is 0. The predicted octanol–water partition coefficient (Wildman–Crippen LogP) is 3.11. The van der Waals surface area contributed by atoms with Crippen LogP contribution in [0.5, 0.6) is 5.75 Å². The molecule has 1 saturated heterocycles. The van der Waals surface area contributed by atoms with E-state index in [-0.39, 0.29) is 18.1 Å². The van der Waals surface area contributed by atoms with Crippen LogP contribution in [0.15, 0.2) is 18.2 Å². The molecular formula is C17H26N2O2. The number of carbonyl (C=O) groups excluding carboxylic acids is 1. The second kappa shape index (κ2) is 6.94. The lowest BCUT2D eigenvalue weighted by Crippen LogP contribution is -2.45. The minimum atomic E-state index is -0.0836. The highest BCUT2D eigenvalue weighted by atomic mass is 16.5. The van der Waals surface area contributed by atoms with Gasteiger partial charge in [-0.3, -0.25) is 4.79 Å². The molecule has 21 heavy (non-hydrogen) atoms. The molecule has 4 heteroatoms. The van der Waals surface area contributed by atoms with Crippen molar-refractivity contribution in [1.82, 2.24) is 5.32 Å². The van der Waals surface area contributed by atoms with Crippen molar-refractivity contribution in [1.29, 1.82) is 0 Å². The van der Waals surface area contributed by atoms with Gasteiger partial charge in [0.15, 0.2) is 0 Å². The van der Waals surface area contributed by atoms with Crippen LogP contribution in [-0.2, 0) is 4.79 Å². The third kappa shape index (κ3) is 4.46. The second-order valence-electron chi connectivity index (χ2n) is 6.27. The van der Waals surface area contributed by atoms with Gasteiger partial charge >= 0.3 is 0 Å². The molecule has 116 valence electrons. The van der Waals surface area contributed by atoms with E-state index in [2.05, 4.69) is 17.6 Å². The van der Waals surface area contributed by atoms with Crippen molar-refractivity contribution < 1.29 is 9.53 Å². The van der Waals surface area contributed by atoms with Gasteiger partial charge < -0.3 is 15.4 Å². The van der Waals surface area contributed by atoms with Gasteiger partial charge in [-0.2, -0.15) is 0 Å². The van der Waals surface area contributed by atoms with Gasteiger partial charge in [-0.1, -0.05) is 6.92 Å². The van der Waals surface area contributed by atoms with Crippen LogP contribution in [0.3, 0.4) is 0 Å². The molecule has 1 aromatic rings. The summed E-state index contributed by atoms with van der Waals surface area (Å²) in [4.78, 5) is 12.3. The van der Waals surface area contributed by atoms with Gasteiger partial charge in [0, 0.05) is 5.69 Å². The number of benzene rings is 1. The smallest absolute Gasteiger partial charge is 0.241 e. The SMILES string of the molecule is Cc1cc(OC(C)C)ccc1NC(=O)C1CC(C)CCN1. The summed E-state index contributed by atoms with van der Waals surface area (Å²) in [6.45, 7) is 9.10. The van der Waals surface area contributed by atoms with Gasteiger partial charge in [-0.15, -0.1) is 0 Å². The number of anilines is 1. The molecule has 2 rings (SSSR count). The number of amides is 1. The maximum atomic E-state index is 12.3. The third-order valence-electron chi connectivity index (χ3n) is 3.81. The number of rotatable bonds is 4. The number of piperidine rings is 1. The van der Waals surface area contributed by atoms with Gasteiger partial charge in [0.2, 0.25) is 5.91 Å². The van der Waals surface area contributed by atoms with Crippen molar-refractivity contribution in [2.24, 2.45) is 5.92 Å². The average molecular weight is 290 g/mol. The highest BCUT2D eigenvalue weighted by Crippen LogP contribution is 2.23. The van der Waals surface area contributed by atoms with Crippen LogP contribution in [0.4, 0.5) is 5.69 Å². The highest BCUT2D eigenvalue weighted by molar-refractivity contribution is 5.95. The minimum Gasteiger partial charge on any atom is -0.491 e. The molecular weight excluding hydrogens is 264 g/mol. The Morgan fingerprint density at radius 2 is 2.19 bits per heavy atom. The van der Waals surface area contributed by atoms with E-state index in [4.69, 9.17) is 4.74 Å². The van der Waals surface area contributed by atoms with Crippen molar-refractivity contribution in [2.75, 3.05) is 11.9 Å². The largest absolute Gasteiger partial charge is 0.491 e. The Kier molecular flexibility index (Phi) is 5.23. The molecule has 1 fully saturated rings. The number of carbonyl (C=O) groups is 1. The molecule has 0 spiro atoms. The lowest BCUT2D eigenvalue weighted by atomic mass is 9.94. The molecule has 1 aliphatic heterocycles. The first-order valence-electron chi connectivity index (χ1n) is 7.77.